The Hall–Kier alpha value is -0.970. The van der Waals surface area contributed by atoms with Crippen molar-refractivity contribution in [1.82, 2.24) is 10.3 Å². The lowest BCUT2D eigenvalue weighted by Gasteiger charge is -2.18. The van der Waals surface area contributed by atoms with Gasteiger partial charge in [0, 0.05) is 38.6 Å². The van der Waals surface area contributed by atoms with Crippen LogP contribution >= 0.6 is 0 Å². The SMILES string of the molecule is COCCNC(CN)c1cnccc1C. The van der Waals surface area contributed by atoms with Crippen molar-refractivity contribution in [3.8, 4) is 0 Å². The number of pyridine rings is 1. The van der Waals surface area contributed by atoms with E-state index in [0.29, 0.717) is 13.2 Å². The van der Waals surface area contributed by atoms with Crippen molar-refractivity contribution >= 4 is 0 Å². The highest BCUT2D eigenvalue weighted by molar-refractivity contribution is 5.25. The molecule has 15 heavy (non-hydrogen) atoms. The van der Waals surface area contributed by atoms with Gasteiger partial charge in [-0.15, -0.1) is 0 Å². The first-order chi connectivity index (χ1) is 7.29. The summed E-state index contributed by atoms with van der Waals surface area (Å²) in [6, 6.07) is 2.16. The molecule has 0 saturated heterocycles. The van der Waals surface area contributed by atoms with Gasteiger partial charge in [-0.25, -0.2) is 0 Å². The van der Waals surface area contributed by atoms with Crippen molar-refractivity contribution in [2.75, 3.05) is 26.8 Å². The predicted molar refractivity (Wildman–Crippen MR) is 60.6 cm³/mol. The van der Waals surface area contributed by atoms with E-state index >= 15 is 0 Å². The summed E-state index contributed by atoms with van der Waals surface area (Å²) in [4.78, 5) is 4.12. The zero-order valence-electron chi connectivity index (χ0n) is 9.36. The van der Waals surface area contributed by atoms with Gasteiger partial charge < -0.3 is 15.8 Å². The third-order valence-corrected chi connectivity index (χ3v) is 2.39. The molecular weight excluding hydrogens is 190 g/mol. The van der Waals surface area contributed by atoms with E-state index in [9.17, 15) is 0 Å². The highest BCUT2D eigenvalue weighted by atomic mass is 16.5. The molecule has 84 valence electrons. The largest absolute Gasteiger partial charge is 0.383 e. The van der Waals surface area contributed by atoms with Crippen molar-refractivity contribution in [2.45, 2.75) is 13.0 Å². The number of nitrogens with zero attached hydrogens (tertiary/aromatic N) is 1. The normalized spacial score (nSPS) is 12.7. The second kappa shape index (κ2) is 6.50. The number of methoxy groups -OCH3 is 1. The van der Waals surface area contributed by atoms with Gasteiger partial charge in [-0.3, -0.25) is 4.98 Å². The maximum atomic E-state index is 5.72. The summed E-state index contributed by atoms with van der Waals surface area (Å²) < 4.78 is 4.98. The van der Waals surface area contributed by atoms with Crippen molar-refractivity contribution in [3.05, 3.63) is 29.6 Å². The Labute approximate surface area is 90.8 Å². The first-order valence-electron chi connectivity index (χ1n) is 5.12. The van der Waals surface area contributed by atoms with Crippen LogP contribution in [-0.4, -0.2) is 31.8 Å². The molecule has 0 saturated carbocycles. The van der Waals surface area contributed by atoms with Crippen LogP contribution in [0.5, 0.6) is 0 Å². The third kappa shape index (κ3) is 3.58. The number of ether oxygens (including phenoxy) is 1. The molecule has 0 bridgehead atoms. The fourth-order valence-electron chi connectivity index (χ4n) is 1.50. The van der Waals surface area contributed by atoms with Gasteiger partial charge in [-0.1, -0.05) is 0 Å². The van der Waals surface area contributed by atoms with Gasteiger partial charge in [0.15, 0.2) is 0 Å². The molecule has 0 aliphatic rings. The van der Waals surface area contributed by atoms with Gasteiger partial charge in [0.25, 0.3) is 0 Å². The molecule has 1 atom stereocenters. The summed E-state index contributed by atoms with van der Waals surface area (Å²) in [6.45, 7) is 4.12. The number of rotatable bonds is 6. The average Bonchev–Trinajstić information content (AvgIpc) is 2.26. The number of nitrogens with two attached hydrogens (primary N) is 1. The molecule has 0 spiro atoms. The molecule has 0 fully saturated rings. The zero-order valence-corrected chi connectivity index (χ0v) is 9.36. The molecule has 1 rings (SSSR count). The van der Waals surface area contributed by atoms with Crippen LogP contribution < -0.4 is 11.1 Å². The minimum atomic E-state index is 0.161. The second-order valence-electron chi connectivity index (χ2n) is 3.47. The Balaban J connectivity index is 2.61. The smallest absolute Gasteiger partial charge is 0.0587 e. The van der Waals surface area contributed by atoms with Gasteiger partial charge in [-0.2, -0.15) is 0 Å². The minimum absolute atomic E-state index is 0.161. The molecule has 1 aromatic heterocycles. The number of hydrogen-bond acceptors (Lipinski definition) is 4. The summed E-state index contributed by atoms with van der Waals surface area (Å²) in [6.07, 6.45) is 3.66. The number of aromatic nitrogens is 1. The van der Waals surface area contributed by atoms with Crippen LogP contribution in [0.4, 0.5) is 0 Å². The second-order valence-corrected chi connectivity index (χ2v) is 3.47. The lowest BCUT2D eigenvalue weighted by molar-refractivity contribution is 0.196. The van der Waals surface area contributed by atoms with Gasteiger partial charge in [0.2, 0.25) is 0 Å². The van der Waals surface area contributed by atoms with E-state index < -0.39 is 0 Å². The summed E-state index contributed by atoms with van der Waals surface area (Å²) in [5.41, 5.74) is 8.10. The molecule has 0 radical (unpaired) electrons. The van der Waals surface area contributed by atoms with E-state index in [1.54, 1.807) is 13.3 Å². The standard InChI is InChI=1S/C11H19N3O/c1-9-3-4-13-8-10(9)11(7-12)14-5-6-15-2/h3-4,8,11,14H,5-7,12H2,1-2H3. The fourth-order valence-corrected chi connectivity index (χ4v) is 1.50. The molecule has 3 N–H and O–H groups in total. The van der Waals surface area contributed by atoms with Gasteiger partial charge in [-0.05, 0) is 24.1 Å². The van der Waals surface area contributed by atoms with Crippen LogP contribution in [-0.2, 0) is 4.74 Å². The quantitative estimate of drug-likeness (QED) is 0.674. The molecule has 0 aliphatic heterocycles. The summed E-state index contributed by atoms with van der Waals surface area (Å²) in [5.74, 6) is 0. The van der Waals surface area contributed by atoms with Crippen LogP contribution in [0, 0.1) is 6.92 Å². The predicted octanol–water partition coefficient (Wildman–Crippen LogP) is 0.626. The highest BCUT2D eigenvalue weighted by Gasteiger charge is 2.10. The molecule has 4 heteroatoms. The summed E-state index contributed by atoms with van der Waals surface area (Å²) >= 11 is 0. The van der Waals surface area contributed by atoms with E-state index in [1.165, 1.54) is 5.56 Å². The lowest BCUT2D eigenvalue weighted by Crippen LogP contribution is -2.31. The maximum Gasteiger partial charge on any atom is 0.0587 e. The molecule has 1 aromatic rings. The van der Waals surface area contributed by atoms with Crippen LogP contribution in [0.2, 0.25) is 0 Å². The van der Waals surface area contributed by atoms with Crippen molar-refractivity contribution in [2.24, 2.45) is 5.73 Å². The van der Waals surface area contributed by atoms with Crippen LogP contribution in [0.1, 0.15) is 17.2 Å². The maximum absolute atomic E-state index is 5.72. The van der Waals surface area contributed by atoms with Crippen molar-refractivity contribution in [3.63, 3.8) is 0 Å². The molecule has 4 nitrogen and oxygen atoms in total. The van der Waals surface area contributed by atoms with E-state index in [4.69, 9.17) is 10.5 Å². The Morgan fingerprint density at radius 3 is 3.00 bits per heavy atom. The zero-order chi connectivity index (χ0) is 11.1. The average molecular weight is 209 g/mol. The Bertz CT molecular complexity index is 291. The van der Waals surface area contributed by atoms with Gasteiger partial charge >= 0.3 is 0 Å². The van der Waals surface area contributed by atoms with Crippen molar-refractivity contribution < 1.29 is 4.74 Å². The molecule has 1 heterocycles. The van der Waals surface area contributed by atoms with Crippen LogP contribution in [0.15, 0.2) is 18.5 Å². The molecule has 0 aromatic carbocycles. The molecule has 0 aliphatic carbocycles. The highest BCUT2D eigenvalue weighted by Crippen LogP contribution is 2.14. The molecular formula is C11H19N3O. The van der Waals surface area contributed by atoms with E-state index in [-0.39, 0.29) is 6.04 Å². The lowest BCUT2D eigenvalue weighted by atomic mass is 10.0. The van der Waals surface area contributed by atoms with Crippen molar-refractivity contribution in [1.29, 1.82) is 0 Å². The monoisotopic (exact) mass is 209 g/mol. The first kappa shape index (κ1) is 12.1. The van der Waals surface area contributed by atoms with E-state index in [2.05, 4.69) is 17.2 Å². The Kier molecular flexibility index (Phi) is 5.25. The van der Waals surface area contributed by atoms with Crippen LogP contribution in [0.25, 0.3) is 0 Å². The minimum Gasteiger partial charge on any atom is -0.383 e. The Morgan fingerprint density at radius 1 is 1.60 bits per heavy atom. The summed E-state index contributed by atoms with van der Waals surface area (Å²) in [5, 5.41) is 3.34. The fraction of sp³-hybridized carbons (Fsp3) is 0.545. The van der Waals surface area contributed by atoms with Gasteiger partial charge in [0.1, 0.15) is 0 Å². The number of nitrogens with one attached hydrogen (secondary N) is 1. The van der Waals surface area contributed by atoms with Crippen LogP contribution in [0.3, 0.4) is 0 Å². The molecule has 0 amide bonds. The topological polar surface area (TPSA) is 60.2 Å². The van der Waals surface area contributed by atoms with E-state index in [0.717, 1.165) is 12.1 Å². The first-order valence-corrected chi connectivity index (χ1v) is 5.12. The number of hydrogen-bond donors (Lipinski definition) is 2. The third-order valence-electron chi connectivity index (χ3n) is 2.39. The van der Waals surface area contributed by atoms with Gasteiger partial charge in [0.05, 0.1) is 6.61 Å². The van der Waals surface area contributed by atoms with E-state index in [1.807, 2.05) is 12.3 Å². The number of aryl methyl sites for hydroxylation is 1. The summed E-state index contributed by atoms with van der Waals surface area (Å²) in [7, 11) is 1.69. The molecule has 1 unspecified atom stereocenters. The Morgan fingerprint density at radius 2 is 2.40 bits per heavy atom.